The van der Waals surface area contributed by atoms with Crippen molar-refractivity contribution in [1.29, 1.82) is 0 Å². The first-order valence-corrected chi connectivity index (χ1v) is 4.96. The molecule has 0 radical (unpaired) electrons. The molecule has 2 rings (SSSR count). The Bertz CT molecular complexity index is 431. The smallest absolute Gasteiger partial charge is 0.104 e. The molecule has 0 saturated carbocycles. The zero-order valence-electron chi connectivity index (χ0n) is 8.59. The quantitative estimate of drug-likeness (QED) is 0.775. The van der Waals surface area contributed by atoms with Crippen LogP contribution in [0.1, 0.15) is 18.3 Å². The second-order valence-corrected chi connectivity index (χ2v) is 3.42. The molecule has 74 valence electrons. The molecule has 0 unspecified atom stereocenters. The molecule has 0 saturated heterocycles. The number of hydrogen-bond acceptors (Lipinski definition) is 2. The highest BCUT2D eigenvalue weighted by molar-refractivity contribution is 5.78. The van der Waals surface area contributed by atoms with Crippen LogP contribution >= 0.6 is 0 Å². The molecule has 0 aliphatic carbocycles. The third-order valence-corrected chi connectivity index (χ3v) is 2.28. The van der Waals surface area contributed by atoms with E-state index in [-0.39, 0.29) is 0 Å². The van der Waals surface area contributed by atoms with E-state index in [1.165, 1.54) is 5.56 Å². The summed E-state index contributed by atoms with van der Waals surface area (Å²) in [6.45, 7) is 5.96. The molecule has 3 heteroatoms. The first kappa shape index (κ1) is 9.21. The number of nitrogens with zero attached hydrogens (tertiary/aromatic N) is 1. The highest BCUT2D eigenvalue weighted by atomic mass is 14.9. The van der Waals surface area contributed by atoms with Crippen molar-refractivity contribution in [3.8, 4) is 0 Å². The van der Waals surface area contributed by atoms with E-state index < -0.39 is 0 Å². The monoisotopic (exact) mass is 189 g/mol. The summed E-state index contributed by atoms with van der Waals surface area (Å²) in [4.78, 5) is 7.71. The van der Waals surface area contributed by atoms with E-state index >= 15 is 0 Å². The predicted octanol–water partition coefficient (Wildman–Crippen LogP) is 1.98. The summed E-state index contributed by atoms with van der Waals surface area (Å²) in [7, 11) is 0. The van der Waals surface area contributed by atoms with Crippen molar-refractivity contribution >= 4 is 11.0 Å². The van der Waals surface area contributed by atoms with E-state index in [1.807, 2.05) is 6.92 Å². The normalized spacial score (nSPS) is 11.0. The van der Waals surface area contributed by atoms with E-state index in [4.69, 9.17) is 0 Å². The molecule has 0 fully saturated rings. The van der Waals surface area contributed by atoms with Crippen molar-refractivity contribution in [3.05, 3.63) is 29.6 Å². The van der Waals surface area contributed by atoms with Gasteiger partial charge in [-0.15, -0.1) is 0 Å². The van der Waals surface area contributed by atoms with Crippen LogP contribution in [0.5, 0.6) is 0 Å². The number of nitrogens with one attached hydrogen (secondary N) is 2. The molecular formula is C11H15N3. The standard InChI is InChI=1S/C11H15N3/c1-3-12-7-9-5-4-6-10-11(9)14-8(2)13-10/h4-6,12H,3,7H2,1-2H3,(H,13,14). The van der Waals surface area contributed by atoms with Crippen LogP contribution in [0.15, 0.2) is 18.2 Å². The SMILES string of the molecule is CCNCc1cccc2[nH]c(C)nc12. The minimum Gasteiger partial charge on any atom is -0.342 e. The lowest BCUT2D eigenvalue weighted by atomic mass is 10.2. The summed E-state index contributed by atoms with van der Waals surface area (Å²) in [5.41, 5.74) is 3.47. The van der Waals surface area contributed by atoms with Gasteiger partial charge in [-0.2, -0.15) is 0 Å². The van der Waals surface area contributed by atoms with Crippen LogP contribution in [0.4, 0.5) is 0 Å². The number of aromatic amines is 1. The third-order valence-electron chi connectivity index (χ3n) is 2.28. The highest BCUT2D eigenvalue weighted by Gasteiger charge is 2.03. The van der Waals surface area contributed by atoms with Gasteiger partial charge in [0.2, 0.25) is 0 Å². The Morgan fingerprint density at radius 1 is 1.43 bits per heavy atom. The lowest BCUT2D eigenvalue weighted by Crippen LogP contribution is -2.11. The molecule has 1 aromatic heterocycles. The molecule has 2 aromatic rings. The summed E-state index contributed by atoms with van der Waals surface area (Å²) in [5, 5.41) is 3.31. The van der Waals surface area contributed by atoms with Gasteiger partial charge in [0.25, 0.3) is 0 Å². The van der Waals surface area contributed by atoms with Gasteiger partial charge in [-0.3, -0.25) is 0 Å². The Morgan fingerprint density at radius 2 is 2.29 bits per heavy atom. The first-order valence-electron chi connectivity index (χ1n) is 4.96. The van der Waals surface area contributed by atoms with Gasteiger partial charge in [0.1, 0.15) is 5.82 Å². The lowest BCUT2D eigenvalue weighted by Gasteiger charge is -2.01. The van der Waals surface area contributed by atoms with Gasteiger partial charge in [0.15, 0.2) is 0 Å². The van der Waals surface area contributed by atoms with Crippen LogP contribution in [-0.4, -0.2) is 16.5 Å². The molecule has 0 bridgehead atoms. The largest absolute Gasteiger partial charge is 0.342 e. The number of H-pyrrole nitrogens is 1. The number of imidazole rings is 1. The number of aromatic nitrogens is 2. The zero-order valence-corrected chi connectivity index (χ0v) is 8.59. The molecular weight excluding hydrogens is 174 g/mol. The van der Waals surface area contributed by atoms with Crippen molar-refractivity contribution in [2.75, 3.05) is 6.54 Å². The topological polar surface area (TPSA) is 40.7 Å². The van der Waals surface area contributed by atoms with Gasteiger partial charge >= 0.3 is 0 Å². The number of fused-ring (bicyclic) bond motifs is 1. The zero-order chi connectivity index (χ0) is 9.97. The van der Waals surface area contributed by atoms with E-state index in [9.17, 15) is 0 Å². The second kappa shape index (κ2) is 3.80. The van der Waals surface area contributed by atoms with Gasteiger partial charge in [-0.05, 0) is 25.1 Å². The fraction of sp³-hybridized carbons (Fsp3) is 0.364. The third kappa shape index (κ3) is 1.63. The van der Waals surface area contributed by atoms with Crippen LogP contribution in [0, 0.1) is 6.92 Å². The summed E-state index contributed by atoms with van der Waals surface area (Å²) in [6, 6.07) is 6.24. The predicted molar refractivity (Wildman–Crippen MR) is 58.2 cm³/mol. The van der Waals surface area contributed by atoms with Gasteiger partial charge in [-0.25, -0.2) is 4.98 Å². The van der Waals surface area contributed by atoms with Gasteiger partial charge in [-0.1, -0.05) is 19.1 Å². The van der Waals surface area contributed by atoms with Crippen LogP contribution in [0.3, 0.4) is 0 Å². The average Bonchev–Trinajstić information content (AvgIpc) is 2.55. The lowest BCUT2D eigenvalue weighted by molar-refractivity contribution is 0.729. The Morgan fingerprint density at radius 3 is 3.07 bits per heavy atom. The number of rotatable bonds is 3. The van der Waals surface area contributed by atoms with E-state index in [2.05, 4.69) is 40.4 Å². The Balaban J connectivity index is 2.42. The van der Waals surface area contributed by atoms with E-state index in [0.29, 0.717) is 0 Å². The fourth-order valence-corrected chi connectivity index (χ4v) is 1.62. The minimum atomic E-state index is 0.887. The molecule has 0 atom stereocenters. The summed E-state index contributed by atoms with van der Waals surface area (Å²) < 4.78 is 0. The van der Waals surface area contributed by atoms with E-state index in [0.717, 1.165) is 29.9 Å². The molecule has 0 amide bonds. The maximum absolute atomic E-state index is 4.47. The Labute approximate surface area is 83.6 Å². The average molecular weight is 189 g/mol. The van der Waals surface area contributed by atoms with Crippen LogP contribution in [-0.2, 0) is 6.54 Å². The molecule has 0 aliphatic rings. The summed E-state index contributed by atoms with van der Waals surface area (Å²) >= 11 is 0. The Kier molecular flexibility index (Phi) is 2.50. The van der Waals surface area contributed by atoms with Gasteiger partial charge in [0.05, 0.1) is 11.0 Å². The molecule has 0 aliphatic heterocycles. The number of aryl methyl sites for hydroxylation is 1. The minimum absolute atomic E-state index is 0.887. The second-order valence-electron chi connectivity index (χ2n) is 3.42. The number of hydrogen-bond donors (Lipinski definition) is 2. The maximum atomic E-state index is 4.47. The molecule has 1 heterocycles. The molecule has 2 N–H and O–H groups in total. The van der Waals surface area contributed by atoms with E-state index in [1.54, 1.807) is 0 Å². The number of para-hydroxylation sites is 1. The van der Waals surface area contributed by atoms with Crippen molar-refractivity contribution in [2.24, 2.45) is 0 Å². The van der Waals surface area contributed by atoms with Crippen LogP contribution in [0.2, 0.25) is 0 Å². The van der Waals surface area contributed by atoms with Crippen LogP contribution < -0.4 is 5.32 Å². The highest BCUT2D eigenvalue weighted by Crippen LogP contribution is 2.15. The van der Waals surface area contributed by atoms with Crippen molar-refractivity contribution in [2.45, 2.75) is 20.4 Å². The summed E-state index contributed by atoms with van der Waals surface area (Å²) in [6.07, 6.45) is 0. The van der Waals surface area contributed by atoms with Crippen molar-refractivity contribution in [1.82, 2.24) is 15.3 Å². The van der Waals surface area contributed by atoms with Crippen LogP contribution in [0.25, 0.3) is 11.0 Å². The molecule has 3 nitrogen and oxygen atoms in total. The van der Waals surface area contributed by atoms with Crippen molar-refractivity contribution in [3.63, 3.8) is 0 Å². The van der Waals surface area contributed by atoms with Crippen molar-refractivity contribution < 1.29 is 0 Å². The van der Waals surface area contributed by atoms with Gasteiger partial charge in [0, 0.05) is 6.54 Å². The maximum Gasteiger partial charge on any atom is 0.104 e. The summed E-state index contributed by atoms with van der Waals surface area (Å²) in [5.74, 6) is 0.976. The van der Waals surface area contributed by atoms with Gasteiger partial charge < -0.3 is 10.3 Å². The molecule has 0 spiro atoms. The first-order chi connectivity index (χ1) is 6.81. The molecule has 1 aromatic carbocycles. The number of benzene rings is 1. The fourth-order valence-electron chi connectivity index (χ4n) is 1.62. The Hall–Kier alpha value is -1.35. The molecule has 14 heavy (non-hydrogen) atoms.